The highest BCUT2D eigenvalue weighted by Gasteiger charge is 2.33. The molecular weight excluding hydrogens is 439 g/mol. The molecule has 1 unspecified atom stereocenters. The molecule has 1 aliphatic rings. The highest BCUT2D eigenvalue weighted by Crippen LogP contribution is 2.34. The highest BCUT2D eigenvalue weighted by molar-refractivity contribution is 7.10. The van der Waals surface area contributed by atoms with Crippen LogP contribution in [-0.2, 0) is 11.2 Å². The number of thiophene rings is 1. The van der Waals surface area contributed by atoms with Crippen LogP contribution in [0.2, 0.25) is 0 Å². The monoisotopic (exact) mass is 464 g/mol. The molecule has 0 spiro atoms. The maximum atomic E-state index is 13.6. The van der Waals surface area contributed by atoms with Gasteiger partial charge in [-0.1, -0.05) is 30.3 Å². The summed E-state index contributed by atoms with van der Waals surface area (Å²) in [7, 11) is 0. The van der Waals surface area contributed by atoms with Gasteiger partial charge in [-0.15, -0.1) is 17.9 Å². The Labute approximate surface area is 196 Å². The number of carbonyl (C=O) groups excluding carboxylic acids is 2. The van der Waals surface area contributed by atoms with Crippen LogP contribution in [0.3, 0.4) is 0 Å². The average Bonchev–Trinajstić information content (AvgIpc) is 3.31. The fraction of sp³-hybridized carbons (Fsp3) is 0.231. The van der Waals surface area contributed by atoms with Crippen LogP contribution in [0.4, 0.5) is 4.39 Å². The first kappa shape index (κ1) is 22.7. The molecule has 170 valence electrons. The van der Waals surface area contributed by atoms with Gasteiger partial charge in [0.05, 0.1) is 6.04 Å². The lowest BCUT2D eigenvalue weighted by atomic mass is 10.0. The number of rotatable bonds is 8. The van der Waals surface area contributed by atoms with Crippen molar-refractivity contribution in [2.45, 2.75) is 12.5 Å². The summed E-state index contributed by atoms with van der Waals surface area (Å²) < 4.78 is 19.4. The van der Waals surface area contributed by atoms with E-state index in [1.165, 1.54) is 21.9 Å². The molecule has 3 aromatic rings. The van der Waals surface area contributed by atoms with Crippen LogP contribution in [0.5, 0.6) is 5.75 Å². The Kier molecular flexibility index (Phi) is 7.19. The Morgan fingerprint density at radius 2 is 2.00 bits per heavy atom. The Balaban J connectivity index is 1.52. The van der Waals surface area contributed by atoms with Crippen LogP contribution in [0.1, 0.15) is 26.8 Å². The maximum absolute atomic E-state index is 13.6. The van der Waals surface area contributed by atoms with E-state index in [2.05, 4.69) is 6.58 Å². The first-order chi connectivity index (χ1) is 16.1. The molecule has 2 amide bonds. The Morgan fingerprint density at radius 1 is 1.18 bits per heavy atom. The van der Waals surface area contributed by atoms with Crippen LogP contribution in [0.25, 0.3) is 0 Å². The van der Waals surface area contributed by atoms with Crippen molar-refractivity contribution in [3.05, 3.63) is 101 Å². The number of hydrogen-bond donors (Lipinski definition) is 0. The van der Waals surface area contributed by atoms with Gasteiger partial charge in [0.15, 0.2) is 0 Å². The summed E-state index contributed by atoms with van der Waals surface area (Å²) in [6.45, 7) is 4.68. The number of hydrogen-bond acceptors (Lipinski definition) is 4. The van der Waals surface area contributed by atoms with Gasteiger partial charge in [-0.05, 0) is 47.7 Å². The summed E-state index contributed by atoms with van der Waals surface area (Å²) in [5, 5.41) is 2.01. The summed E-state index contributed by atoms with van der Waals surface area (Å²) in [6.07, 6.45) is 2.37. The van der Waals surface area contributed by atoms with Gasteiger partial charge in [0.1, 0.15) is 24.7 Å². The van der Waals surface area contributed by atoms with E-state index < -0.39 is 0 Å². The van der Waals surface area contributed by atoms with Gasteiger partial charge in [0.25, 0.3) is 5.91 Å². The minimum Gasteiger partial charge on any atom is -0.491 e. The van der Waals surface area contributed by atoms with Gasteiger partial charge in [-0.2, -0.15) is 0 Å². The normalized spacial score (nSPS) is 14.9. The second-order valence-corrected chi connectivity index (χ2v) is 8.76. The molecule has 0 saturated carbocycles. The van der Waals surface area contributed by atoms with E-state index in [4.69, 9.17) is 4.74 Å². The highest BCUT2D eigenvalue weighted by atomic mass is 32.1. The third-order valence-electron chi connectivity index (χ3n) is 5.60. The zero-order valence-electron chi connectivity index (χ0n) is 18.2. The predicted molar refractivity (Wildman–Crippen MR) is 127 cm³/mol. The summed E-state index contributed by atoms with van der Waals surface area (Å²) in [6, 6.07) is 16.6. The summed E-state index contributed by atoms with van der Waals surface area (Å²) in [4.78, 5) is 30.9. The lowest BCUT2D eigenvalue weighted by molar-refractivity contribution is -0.135. The van der Waals surface area contributed by atoms with Gasteiger partial charge in [0, 0.05) is 29.6 Å². The van der Waals surface area contributed by atoms with Crippen molar-refractivity contribution in [3.63, 3.8) is 0 Å². The lowest BCUT2D eigenvalue weighted by Gasteiger charge is -2.37. The van der Waals surface area contributed by atoms with Crippen molar-refractivity contribution in [1.29, 1.82) is 0 Å². The van der Waals surface area contributed by atoms with Crippen molar-refractivity contribution in [1.82, 2.24) is 9.80 Å². The van der Waals surface area contributed by atoms with Crippen molar-refractivity contribution in [2.24, 2.45) is 0 Å². The molecule has 0 bridgehead atoms. The van der Waals surface area contributed by atoms with E-state index >= 15 is 0 Å². The summed E-state index contributed by atoms with van der Waals surface area (Å²) in [5.41, 5.74) is 1.57. The van der Waals surface area contributed by atoms with E-state index in [0.29, 0.717) is 17.9 Å². The third kappa shape index (κ3) is 5.31. The Morgan fingerprint density at radius 3 is 2.76 bits per heavy atom. The largest absolute Gasteiger partial charge is 0.491 e. The number of halogens is 1. The second-order valence-electron chi connectivity index (χ2n) is 7.76. The minimum atomic E-state index is -0.375. The van der Waals surface area contributed by atoms with Gasteiger partial charge < -0.3 is 14.5 Å². The van der Waals surface area contributed by atoms with E-state index in [-0.39, 0.29) is 43.4 Å². The molecule has 0 radical (unpaired) electrons. The van der Waals surface area contributed by atoms with Crippen molar-refractivity contribution in [2.75, 3.05) is 26.2 Å². The number of benzene rings is 2. The molecule has 1 aromatic heterocycles. The molecule has 0 fully saturated rings. The zero-order valence-corrected chi connectivity index (χ0v) is 19.0. The summed E-state index contributed by atoms with van der Waals surface area (Å²) >= 11 is 1.66. The van der Waals surface area contributed by atoms with Gasteiger partial charge in [-0.3, -0.25) is 9.59 Å². The van der Waals surface area contributed by atoms with Gasteiger partial charge in [0.2, 0.25) is 5.91 Å². The Bertz CT molecular complexity index is 1130. The van der Waals surface area contributed by atoms with Crippen molar-refractivity contribution >= 4 is 23.2 Å². The van der Waals surface area contributed by atoms with E-state index in [0.717, 1.165) is 12.0 Å². The molecule has 1 aliphatic heterocycles. The smallest absolute Gasteiger partial charge is 0.254 e. The van der Waals surface area contributed by atoms with Crippen LogP contribution in [0.15, 0.2) is 78.7 Å². The SMILES string of the molecule is C=CCN(CC(=O)N1CCc2sccc2C1COc1cccc(F)c1)C(=O)c1ccccc1. The van der Waals surface area contributed by atoms with Crippen LogP contribution >= 0.6 is 11.3 Å². The second kappa shape index (κ2) is 10.4. The predicted octanol–water partition coefficient (Wildman–Crippen LogP) is 4.72. The topological polar surface area (TPSA) is 49.9 Å². The van der Waals surface area contributed by atoms with Crippen molar-refractivity contribution in [3.8, 4) is 5.75 Å². The molecular formula is C26H25FN2O3S. The van der Waals surface area contributed by atoms with E-state index in [9.17, 15) is 14.0 Å². The molecule has 5 nitrogen and oxygen atoms in total. The zero-order chi connectivity index (χ0) is 23.2. The van der Waals surface area contributed by atoms with Gasteiger partial charge >= 0.3 is 0 Å². The summed E-state index contributed by atoms with van der Waals surface area (Å²) in [5.74, 6) is -0.340. The number of nitrogens with zero attached hydrogens (tertiary/aromatic N) is 2. The molecule has 0 N–H and O–H groups in total. The fourth-order valence-electron chi connectivity index (χ4n) is 4.00. The molecule has 0 aliphatic carbocycles. The number of amides is 2. The minimum absolute atomic E-state index is 0.0598. The average molecular weight is 465 g/mol. The standard InChI is InChI=1S/C26H25FN2O3S/c1-2-13-28(26(31)19-7-4-3-5-8-19)17-25(30)29-14-11-24-22(12-15-33-24)23(29)18-32-21-10-6-9-20(27)16-21/h2-10,12,15-16,23H,1,11,13-14,17-18H2. The lowest BCUT2D eigenvalue weighted by Crippen LogP contribution is -2.47. The van der Waals surface area contributed by atoms with E-state index in [1.807, 2.05) is 17.5 Å². The first-order valence-electron chi connectivity index (χ1n) is 10.8. The fourth-order valence-corrected chi connectivity index (χ4v) is 4.93. The van der Waals surface area contributed by atoms with Crippen LogP contribution in [0, 0.1) is 5.82 Å². The molecule has 4 rings (SSSR count). The third-order valence-corrected chi connectivity index (χ3v) is 6.60. The first-order valence-corrected chi connectivity index (χ1v) is 11.6. The Hall–Kier alpha value is -3.45. The quantitative estimate of drug-likeness (QED) is 0.453. The maximum Gasteiger partial charge on any atom is 0.254 e. The molecule has 0 saturated heterocycles. The number of carbonyl (C=O) groups is 2. The molecule has 2 aromatic carbocycles. The molecule has 2 heterocycles. The molecule has 1 atom stereocenters. The van der Waals surface area contributed by atoms with Crippen LogP contribution in [-0.4, -0.2) is 47.9 Å². The van der Waals surface area contributed by atoms with E-state index in [1.54, 1.807) is 58.7 Å². The number of ether oxygens (including phenoxy) is 1. The van der Waals surface area contributed by atoms with Gasteiger partial charge in [-0.25, -0.2) is 4.39 Å². The molecule has 7 heteroatoms. The van der Waals surface area contributed by atoms with Crippen LogP contribution < -0.4 is 4.74 Å². The molecule has 33 heavy (non-hydrogen) atoms. The van der Waals surface area contributed by atoms with Crippen molar-refractivity contribution < 1.29 is 18.7 Å². The number of fused-ring (bicyclic) bond motifs is 1.